The van der Waals surface area contributed by atoms with E-state index in [1.807, 2.05) is 0 Å². The van der Waals surface area contributed by atoms with Crippen LogP contribution in [0.5, 0.6) is 0 Å². The summed E-state index contributed by atoms with van der Waals surface area (Å²) in [7, 11) is 0. The van der Waals surface area contributed by atoms with E-state index >= 15 is 0 Å². The minimum absolute atomic E-state index is 1.12. The molecule has 9 aromatic carbocycles. The van der Waals surface area contributed by atoms with Crippen LogP contribution in [0.25, 0.3) is 71.3 Å². The second-order valence-electron chi connectivity index (χ2n) is 13.4. The highest BCUT2D eigenvalue weighted by atomic mass is 15.1. The van der Waals surface area contributed by atoms with Crippen molar-refractivity contribution in [1.82, 2.24) is 4.57 Å². The number of para-hydroxylation sites is 3. The SMILES string of the molecule is c1ccc(N(c2ccccc2)c2cccc3c2c2ccccc2n3-c2cc(-c3ccc4ccccc4c3)cc(-c3ccc4ccccc4c3)c2)cc1. The second-order valence-corrected chi connectivity index (χ2v) is 13.4. The molecule has 0 atom stereocenters. The van der Waals surface area contributed by atoms with Crippen LogP contribution in [0.2, 0.25) is 0 Å². The maximum absolute atomic E-state index is 2.46. The van der Waals surface area contributed by atoms with E-state index in [-0.39, 0.29) is 0 Å². The Kier molecular flexibility index (Phi) is 7.18. The van der Waals surface area contributed by atoms with Crippen LogP contribution in [0, 0.1) is 0 Å². The van der Waals surface area contributed by atoms with Gasteiger partial charge in [0.15, 0.2) is 0 Å². The van der Waals surface area contributed by atoms with Crippen molar-refractivity contribution >= 4 is 60.4 Å². The second kappa shape index (κ2) is 12.5. The third-order valence-corrected chi connectivity index (χ3v) is 10.3. The first-order chi connectivity index (χ1) is 25.8. The summed E-state index contributed by atoms with van der Waals surface area (Å²) in [5.41, 5.74) is 11.6. The van der Waals surface area contributed by atoms with Gasteiger partial charge < -0.3 is 9.47 Å². The lowest BCUT2D eigenvalue weighted by Crippen LogP contribution is -2.10. The first-order valence-corrected chi connectivity index (χ1v) is 17.8. The van der Waals surface area contributed by atoms with Gasteiger partial charge in [0.1, 0.15) is 0 Å². The Morgan fingerprint density at radius 3 is 1.42 bits per heavy atom. The van der Waals surface area contributed by atoms with Crippen molar-refractivity contribution in [3.8, 4) is 27.9 Å². The number of fused-ring (bicyclic) bond motifs is 5. The Labute approximate surface area is 303 Å². The molecule has 0 aliphatic rings. The molecule has 0 spiro atoms. The Hall–Kier alpha value is -6.90. The number of hydrogen-bond acceptors (Lipinski definition) is 1. The van der Waals surface area contributed by atoms with Gasteiger partial charge in [0, 0.05) is 27.8 Å². The molecule has 244 valence electrons. The Morgan fingerprint density at radius 2 is 0.827 bits per heavy atom. The average Bonchev–Trinajstić information content (AvgIpc) is 3.56. The fourth-order valence-electron chi connectivity index (χ4n) is 7.86. The van der Waals surface area contributed by atoms with Gasteiger partial charge in [-0.15, -0.1) is 0 Å². The van der Waals surface area contributed by atoms with Gasteiger partial charge in [0.25, 0.3) is 0 Å². The van der Waals surface area contributed by atoms with E-state index in [1.54, 1.807) is 0 Å². The average molecular weight is 663 g/mol. The van der Waals surface area contributed by atoms with Crippen LogP contribution in [-0.4, -0.2) is 4.57 Å². The summed E-state index contributed by atoms with van der Waals surface area (Å²) in [5.74, 6) is 0. The molecule has 0 unspecified atom stereocenters. The van der Waals surface area contributed by atoms with Gasteiger partial charge in [-0.25, -0.2) is 0 Å². The molecule has 0 bridgehead atoms. The van der Waals surface area contributed by atoms with E-state index in [0.717, 1.165) is 28.3 Å². The van der Waals surface area contributed by atoms with Crippen LogP contribution in [0.4, 0.5) is 17.1 Å². The van der Waals surface area contributed by atoms with Crippen LogP contribution in [0.15, 0.2) is 206 Å². The predicted molar refractivity (Wildman–Crippen MR) is 221 cm³/mol. The Morgan fingerprint density at radius 1 is 0.327 bits per heavy atom. The highest BCUT2D eigenvalue weighted by molar-refractivity contribution is 6.16. The lowest BCUT2D eigenvalue weighted by molar-refractivity contribution is 1.18. The lowest BCUT2D eigenvalue weighted by atomic mass is 9.95. The van der Waals surface area contributed by atoms with Crippen LogP contribution in [0.1, 0.15) is 0 Å². The van der Waals surface area contributed by atoms with Crippen molar-refractivity contribution in [2.45, 2.75) is 0 Å². The topological polar surface area (TPSA) is 8.17 Å². The molecule has 2 heteroatoms. The Bertz CT molecular complexity index is 2770. The van der Waals surface area contributed by atoms with Gasteiger partial charge in [-0.2, -0.15) is 0 Å². The van der Waals surface area contributed by atoms with Gasteiger partial charge in [0.2, 0.25) is 0 Å². The van der Waals surface area contributed by atoms with Crippen molar-refractivity contribution in [2.24, 2.45) is 0 Å². The monoisotopic (exact) mass is 662 g/mol. The number of nitrogens with zero attached hydrogens (tertiary/aromatic N) is 2. The molecule has 0 N–H and O–H groups in total. The summed E-state index contributed by atoms with van der Waals surface area (Å²) in [4.78, 5) is 2.38. The first kappa shape index (κ1) is 30.0. The molecule has 0 aliphatic heterocycles. The molecule has 10 aromatic rings. The maximum Gasteiger partial charge on any atom is 0.0562 e. The normalized spacial score (nSPS) is 11.5. The number of anilines is 3. The molecule has 2 nitrogen and oxygen atoms in total. The molecule has 0 aliphatic carbocycles. The predicted octanol–water partition coefficient (Wildman–Crippen LogP) is 13.9. The molecular formula is C50H34N2. The van der Waals surface area contributed by atoms with Gasteiger partial charge >= 0.3 is 0 Å². The zero-order valence-corrected chi connectivity index (χ0v) is 28.5. The van der Waals surface area contributed by atoms with E-state index in [1.165, 1.54) is 60.1 Å². The first-order valence-electron chi connectivity index (χ1n) is 17.8. The highest BCUT2D eigenvalue weighted by Crippen LogP contribution is 2.44. The minimum Gasteiger partial charge on any atom is -0.310 e. The summed E-state index contributed by atoms with van der Waals surface area (Å²) in [6.45, 7) is 0. The molecular weight excluding hydrogens is 629 g/mol. The third kappa shape index (κ3) is 5.12. The lowest BCUT2D eigenvalue weighted by Gasteiger charge is -2.26. The summed E-state index contributed by atoms with van der Waals surface area (Å²) in [6, 6.07) is 74.8. The molecule has 52 heavy (non-hydrogen) atoms. The van der Waals surface area contributed by atoms with E-state index in [9.17, 15) is 0 Å². The minimum atomic E-state index is 1.12. The van der Waals surface area contributed by atoms with E-state index in [2.05, 4.69) is 216 Å². The van der Waals surface area contributed by atoms with E-state index < -0.39 is 0 Å². The van der Waals surface area contributed by atoms with E-state index in [0.29, 0.717) is 0 Å². The maximum atomic E-state index is 2.46. The standard InChI is InChI=1S/C50H34N2/c1-3-18-43(19-4-1)51(44-20-5-2-6-21-44)48-24-13-25-49-50(48)46-22-11-12-23-47(46)52(49)45-33-41(39-28-26-35-14-7-9-16-37(35)30-39)32-42(34-45)40-29-27-36-15-8-10-17-38(36)31-40/h1-34H. The molecule has 0 saturated carbocycles. The molecule has 10 rings (SSSR count). The zero-order chi connectivity index (χ0) is 34.4. The summed E-state index contributed by atoms with van der Waals surface area (Å²) < 4.78 is 2.46. The molecule has 0 amide bonds. The molecule has 0 saturated heterocycles. The Balaban J connectivity index is 1.25. The quantitative estimate of drug-likeness (QED) is 0.172. The van der Waals surface area contributed by atoms with Crippen molar-refractivity contribution < 1.29 is 0 Å². The number of rotatable bonds is 6. The number of benzene rings is 9. The fourth-order valence-corrected chi connectivity index (χ4v) is 7.86. The van der Waals surface area contributed by atoms with Gasteiger partial charge in [-0.05, 0) is 117 Å². The highest BCUT2D eigenvalue weighted by Gasteiger charge is 2.21. The smallest absolute Gasteiger partial charge is 0.0562 e. The zero-order valence-electron chi connectivity index (χ0n) is 28.5. The van der Waals surface area contributed by atoms with Gasteiger partial charge in [0.05, 0.1) is 16.7 Å². The van der Waals surface area contributed by atoms with Crippen molar-refractivity contribution in [3.05, 3.63) is 206 Å². The number of hydrogen-bond donors (Lipinski definition) is 0. The summed E-state index contributed by atoms with van der Waals surface area (Å²) in [5, 5.41) is 7.39. The molecule has 0 radical (unpaired) electrons. The summed E-state index contributed by atoms with van der Waals surface area (Å²) in [6.07, 6.45) is 0. The fraction of sp³-hybridized carbons (Fsp3) is 0. The van der Waals surface area contributed by atoms with Crippen LogP contribution in [-0.2, 0) is 0 Å². The summed E-state index contributed by atoms with van der Waals surface area (Å²) >= 11 is 0. The molecule has 0 fully saturated rings. The number of aromatic nitrogens is 1. The third-order valence-electron chi connectivity index (χ3n) is 10.3. The molecule has 1 heterocycles. The van der Waals surface area contributed by atoms with Gasteiger partial charge in [-0.3, -0.25) is 0 Å². The van der Waals surface area contributed by atoms with E-state index in [4.69, 9.17) is 0 Å². The van der Waals surface area contributed by atoms with Crippen LogP contribution < -0.4 is 4.90 Å². The molecule has 1 aromatic heterocycles. The van der Waals surface area contributed by atoms with Crippen LogP contribution in [0.3, 0.4) is 0 Å². The largest absolute Gasteiger partial charge is 0.310 e. The van der Waals surface area contributed by atoms with Crippen molar-refractivity contribution in [3.63, 3.8) is 0 Å². The van der Waals surface area contributed by atoms with Crippen molar-refractivity contribution in [1.29, 1.82) is 0 Å². The van der Waals surface area contributed by atoms with Gasteiger partial charge in [-0.1, -0.05) is 133 Å². The van der Waals surface area contributed by atoms with Crippen molar-refractivity contribution in [2.75, 3.05) is 4.90 Å². The van der Waals surface area contributed by atoms with Crippen LogP contribution >= 0.6 is 0 Å².